The van der Waals surface area contributed by atoms with Crippen LogP contribution >= 0.6 is 0 Å². The van der Waals surface area contributed by atoms with Crippen LogP contribution < -0.4 is 9.64 Å². The lowest BCUT2D eigenvalue weighted by atomic mass is 9.94. The summed E-state index contributed by atoms with van der Waals surface area (Å²) in [6.45, 7) is 2.06. The van der Waals surface area contributed by atoms with Crippen molar-refractivity contribution in [2.24, 2.45) is 0 Å². The average molecular weight is 584 g/mol. The lowest BCUT2D eigenvalue weighted by molar-refractivity contribution is -0.137. The van der Waals surface area contributed by atoms with Gasteiger partial charge in [-0.25, -0.2) is 0 Å². The Bertz CT molecular complexity index is 1750. The van der Waals surface area contributed by atoms with Crippen LogP contribution in [0.25, 0.3) is 11.6 Å². The summed E-state index contributed by atoms with van der Waals surface area (Å²) >= 11 is 0. The number of hydrogen-bond acceptors (Lipinski definition) is 4. The number of rotatable bonds is 11. The maximum Gasteiger partial charge on any atom is 0.307 e. The molecule has 0 aromatic heterocycles. The highest BCUT2D eigenvalue weighted by atomic mass is 16.5. The molecule has 0 spiro atoms. The lowest BCUT2D eigenvalue weighted by Crippen LogP contribution is -2.10. The third-order valence-corrected chi connectivity index (χ3v) is 7.33. The fraction of sp³-hybridized carbons (Fsp3) is 0.105. The second kappa shape index (κ2) is 13.6. The second-order valence-electron chi connectivity index (χ2n) is 10.6. The smallest absolute Gasteiger partial charge is 0.307 e. The number of benzene rings is 5. The summed E-state index contributed by atoms with van der Waals surface area (Å²) in [7, 11) is 1.63. The van der Waals surface area contributed by atoms with E-state index < -0.39 is 11.9 Å². The standard InChI is InChI=1S/C38H33NO5/c1-26-3-11-30(12-4-26)36(31-13-5-28(6-14-31)24-37(40)41)23-27-7-15-32(16-8-27)39(34-19-21-35(44-2)22-20-34)33-17-9-29(10-18-33)25-38(42)43/h3-23H,24-25H2,1-2H3,(H,40,41)(H,42,43)/b36-23+. The van der Waals surface area contributed by atoms with Crippen molar-refractivity contribution in [3.8, 4) is 5.75 Å². The first-order chi connectivity index (χ1) is 21.3. The molecule has 0 bridgehead atoms. The van der Waals surface area contributed by atoms with Crippen LogP contribution in [0, 0.1) is 6.92 Å². The van der Waals surface area contributed by atoms with Gasteiger partial charge in [0.25, 0.3) is 0 Å². The van der Waals surface area contributed by atoms with Gasteiger partial charge in [0.2, 0.25) is 0 Å². The SMILES string of the molecule is COc1ccc(N(c2ccc(/C=C(\c3ccc(C)cc3)c3ccc(CC(=O)O)cc3)cc2)c2ccc(CC(=O)O)cc2)cc1. The minimum atomic E-state index is -0.866. The summed E-state index contributed by atoms with van der Waals surface area (Å²) < 4.78 is 5.36. The van der Waals surface area contributed by atoms with Crippen molar-refractivity contribution < 1.29 is 24.5 Å². The van der Waals surface area contributed by atoms with Crippen LogP contribution in [0.2, 0.25) is 0 Å². The minimum Gasteiger partial charge on any atom is -0.497 e. The Morgan fingerprint density at radius 1 is 0.614 bits per heavy atom. The van der Waals surface area contributed by atoms with Gasteiger partial charge in [-0.15, -0.1) is 0 Å². The Hall–Kier alpha value is -5.62. The Morgan fingerprint density at radius 3 is 1.48 bits per heavy atom. The summed E-state index contributed by atoms with van der Waals surface area (Å²) in [6.07, 6.45) is 2.09. The second-order valence-corrected chi connectivity index (χ2v) is 10.6. The van der Waals surface area contributed by atoms with Gasteiger partial charge in [0.1, 0.15) is 5.75 Å². The number of methoxy groups -OCH3 is 1. The lowest BCUT2D eigenvalue weighted by Gasteiger charge is -2.26. The van der Waals surface area contributed by atoms with Crippen molar-refractivity contribution in [3.63, 3.8) is 0 Å². The van der Waals surface area contributed by atoms with Crippen molar-refractivity contribution in [1.82, 2.24) is 0 Å². The number of anilines is 3. The van der Waals surface area contributed by atoms with Gasteiger partial charge < -0.3 is 19.8 Å². The van der Waals surface area contributed by atoms with Gasteiger partial charge in [-0.05, 0) is 94.9 Å². The molecule has 0 unspecified atom stereocenters. The van der Waals surface area contributed by atoms with Crippen molar-refractivity contribution in [2.75, 3.05) is 12.0 Å². The van der Waals surface area contributed by atoms with Crippen LogP contribution in [0.3, 0.4) is 0 Å². The van der Waals surface area contributed by atoms with Gasteiger partial charge in [-0.3, -0.25) is 9.59 Å². The first-order valence-electron chi connectivity index (χ1n) is 14.2. The van der Waals surface area contributed by atoms with Gasteiger partial charge >= 0.3 is 11.9 Å². The Morgan fingerprint density at radius 2 is 1.02 bits per heavy atom. The van der Waals surface area contributed by atoms with Gasteiger partial charge in [-0.2, -0.15) is 0 Å². The maximum atomic E-state index is 11.2. The molecule has 44 heavy (non-hydrogen) atoms. The fourth-order valence-electron chi connectivity index (χ4n) is 5.05. The molecular formula is C38H33NO5. The minimum absolute atomic E-state index is 0.0156. The molecule has 0 aliphatic rings. The van der Waals surface area contributed by atoms with E-state index in [4.69, 9.17) is 4.74 Å². The first-order valence-corrected chi connectivity index (χ1v) is 14.2. The summed E-state index contributed by atoms with van der Waals surface area (Å²) in [6, 6.07) is 39.6. The molecule has 5 rings (SSSR count). The molecule has 6 nitrogen and oxygen atoms in total. The van der Waals surface area contributed by atoms with Crippen molar-refractivity contribution >= 4 is 40.6 Å². The van der Waals surface area contributed by atoms with Gasteiger partial charge in [0.15, 0.2) is 0 Å². The molecule has 6 heteroatoms. The predicted octanol–water partition coefficient (Wildman–Crippen LogP) is 8.32. The third-order valence-electron chi connectivity index (χ3n) is 7.33. The van der Waals surface area contributed by atoms with Gasteiger partial charge in [-0.1, -0.05) is 78.4 Å². The van der Waals surface area contributed by atoms with E-state index in [2.05, 4.69) is 66.4 Å². The zero-order valence-electron chi connectivity index (χ0n) is 24.6. The van der Waals surface area contributed by atoms with Gasteiger partial charge in [0, 0.05) is 17.1 Å². The van der Waals surface area contributed by atoms with Crippen molar-refractivity contribution in [3.05, 3.63) is 155 Å². The van der Waals surface area contributed by atoms with E-state index >= 15 is 0 Å². The Balaban J connectivity index is 1.52. The van der Waals surface area contributed by atoms with Crippen LogP contribution in [-0.4, -0.2) is 29.3 Å². The summed E-state index contributed by atoms with van der Waals surface area (Å²) in [5.74, 6) is -0.965. The molecule has 0 aliphatic heterocycles. The van der Waals surface area contributed by atoms with Crippen LogP contribution in [0.5, 0.6) is 5.75 Å². The highest BCUT2D eigenvalue weighted by molar-refractivity contribution is 5.92. The summed E-state index contributed by atoms with van der Waals surface area (Å²) in [5, 5.41) is 18.4. The fourth-order valence-corrected chi connectivity index (χ4v) is 5.05. The third kappa shape index (κ3) is 7.41. The molecule has 5 aromatic carbocycles. The molecule has 0 atom stereocenters. The van der Waals surface area contributed by atoms with E-state index in [0.29, 0.717) is 0 Å². The normalized spacial score (nSPS) is 11.2. The molecule has 0 amide bonds. The van der Waals surface area contributed by atoms with E-state index in [1.807, 2.05) is 72.8 Å². The van der Waals surface area contributed by atoms with E-state index in [9.17, 15) is 19.8 Å². The molecule has 0 aliphatic carbocycles. The highest BCUT2D eigenvalue weighted by Gasteiger charge is 2.14. The van der Waals surface area contributed by atoms with E-state index in [1.54, 1.807) is 7.11 Å². The van der Waals surface area contributed by atoms with Gasteiger partial charge in [0.05, 0.1) is 20.0 Å². The molecule has 0 radical (unpaired) electrons. The molecule has 0 fully saturated rings. The number of carboxylic acid groups (broad SMARTS) is 2. The number of ether oxygens (including phenoxy) is 1. The zero-order chi connectivity index (χ0) is 31.1. The van der Waals surface area contributed by atoms with E-state index in [-0.39, 0.29) is 12.8 Å². The van der Waals surface area contributed by atoms with Crippen molar-refractivity contribution in [1.29, 1.82) is 0 Å². The molecule has 5 aromatic rings. The molecule has 220 valence electrons. The van der Waals surface area contributed by atoms with Crippen LogP contribution in [-0.2, 0) is 22.4 Å². The van der Waals surface area contributed by atoms with Crippen molar-refractivity contribution in [2.45, 2.75) is 19.8 Å². The molecule has 2 N–H and O–H groups in total. The largest absolute Gasteiger partial charge is 0.497 e. The van der Waals surface area contributed by atoms with E-state index in [1.165, 1.54) is 5.56 Å². The Kier molecular flexibility index (Phi) is 9.21. The highest BCUT2D eigenvalue weighted by Crippen LogP contribution is 2.36. The zero-order valence-corrected chi connectivity index (χ0v) is 24.6. The molecule has 0 saturated heterocycles. The number of aryl methyl sites for hydroxylation is 1. The maximum absolute atomic E-state index is 11.2. The van der Waals surface area contributed by atoms with E-state index in [0.717, 1.165) is 56.2 Å². The topological polar surface area (TPSA) is 87.1 Å². The van der Waals surface area contributed by atoms with Crippen LogP contribution in [0.4, 0.5) is 17.1 Å². The number of nitrogens with zero attached hydrogens (tertiary/aromatic N) is 1. The monoisotopic (exact) mass is 583 g/mol. The molecule has 0 saturated carbocycles. The average Bonchev–Trinajstić information content (AvgIpc) is 3.02. The van der Waals surface area contributed by atoms with Crippen LogP contribution in [0.15, 0.2) is 121 Å². The Labute approximate surface area is 257 Å². The number of aliphatic carboxylic acids is 2. The number of hydrogen-bond donors (Lipinski definition) is 2. The quantitative estimate of drug-likeness (QED) is 0.152. The predicted molar refractivity (Wildman–Crippen MR) is 175 cm³/mol. The number of carbonyl (C=O) groups is 2. The number of carboxylic acids is 2. The van der Waals surface area contributed by atoms with Crippen LogP contribution in [0.1, 0.15) is 33.4 Å². The summed E-state index contributed by atoms with van der Waals surface area (Å²) in [5.41, 5.74) is 9.51. The molecule has 0 heterocycles. The first kappa shape index (κ1) is 29.9. The molecular weight excluding hydrogens is 550 g/mol. The summed E-state index contributed by atoms with van der Waals surface area (Å²) in [4.78, 5) is 24.5.